The number of nitrogens with zero attached hydrogens (tertiary/aromatic N) is 1. The third kappa shape index (κ3) is 4.59. The van der Waals surface area contributed by atoms with Crippen LogP contribution >= 0.6 is 0 Å². The van der Waals surface area contributed by atoms with E-state index >= 15 is 0 Å². The maximum Gasteiger partial charge on any atom is 0.271 e. The Balaban J connectivity index is 2.01. The molecule has 1 aromatic heterocycles. The summed E-state index contributed by atoms with van der Waals surface area (Å²) in [5.41, 5.74) is 2.14. The van der Waals surface area contributed by atoms with Gasteiger partial charge in [0.15, 0.2) is 0 Å². The lowest BCUT2D eigenvalue weighted by atomic mass is 10.2. The van der Waals surface area contributed by atoms with Crippen molar-refractivity contribution in [2.24, 2.45) is 5.14 Å². The van der Waals surface area contributed by atoms with Crippen LogP contribution in [0.4, 0.5) is 5.69 Å². The van der Waals surface area contributed by atoms with Crippen LogP contribution in [-0.4, -0.2) is 27.4 Å². The summed E-state index contributed by atoms with van der Waals surface area (Å²) in [6.07, 6.45) is 0. The first-order valence-electron chi connectivity index (χ1n) is 6.43. The summed E-state index contributed by atoms with van der Waals surface area (Å²) in [5, 5.41) is 7.97. The molecule has 0 atom stereocenters. The molecule has 0 fully saturated rings. The predicted octanol–water partition coefficient (Wildman–Crippen LogP) is 1.60. The van der Waals surface area contributed by atoms with Gasteiger partial charge in [-0.25, -0.2) is 13.6 Å². The Labute approximate surface area is 124 Å². The highest BCUT2D eigenvalue weighted by atomic mass is 32.2. The lowest BCUT2D eigenvalue weighted by molar-refractivity contribution is 0.402. The van der Waals surface area contributed by atoms with Crippen LogP contribution in [0, 0.1) is 0 Å². The zero-order valence-corrected chi connectivity index (χ0v) is 12.9. The maximum atomic E-state index is 11.1. The van der Waals surface area contributed by atoms with Crippen LogP contribution in [-0.2, 0) is 23.1 Å². The van der Waals surface area contributed by atoms with Crippen molar-refractivity contribution in [2.45, 2.75) is 18.2 Å². The van der Waals surface area contributed by atoms with Crippen molar-refractivity contribution in [1.82, 2.24) is 4.90 Å². The monoisotopic (exact) mass is 309 g/mol. The quantitative estimate of drug-likeness (QED) is 0.846. The van der Waals surface area contributed by atoms with Gasteiger partial charge in [0, 0.05) is 12.2 Å². The zero-order chi connectivity index (χ0) is 15.5. The molecule has 0 spiro atoms. The molecular formula is C14H19N3O3S. The number of furan rings is 1. The number of hydrogen-bond donors (Lipinski definition) is 2. The van der Waals surface area contributed by atoms with Crippen molar-refractivity contribution in [3.05, 3.63) is 47.7 Å². The summed E-state index contributed by atoms with van der Waals surface area (Å²) in [4.78, 5) is 2.09. The summed E-state index contributed by atoms with van der Waals surface area (Å²) in [6, 6.07) is 11.0. The first-order chi connectivity index (χ1) is 9.84. The number of hydrogen-bond acceptors (Lipinski definition) is 5. The third-order valence-electron chi connectivity index (χ3n) is 2.81. The Bertz CT molecular complexity index is 708. The van der Waals surface area contributed by atoms with Crippen LogP contribution in [0.3, 0.4) is 0 Å². The van der Waals surface area contributed by atoms with E-state index in [1.165, 1.54) is 11.6 Å². The van der Waals surface area contributed by atoms with Gasteiger partial charge in [0.05, 0.1) is 6.54 Å². The molecule has 2 rings (SSSR count). The topological polar surface area (TPSA) is 88.6 Å². The van der Waals surface area contributed by atoms with Gasteiger partial charge in [-0.15, -0.1) is 0 Å². The average molecular weight is 309 g/mol. The van der Waals surface area contributed by atoms with Gasteiger partial charge in [0.2, 0.25) is 5.09 Å². The first kappa shape index (κ1) is 15.6. The van der Waals surface area contributed by atoms with E-state index in [9.17, 15) is 8.42 Å². The summed E-state index contributed by atoms with van der Waals surface area (Å²) in [5.74, 6) is 0.511. The molecule has 0 saturated heterocycles. The van der Waals surface area contributed by atoms with Crippen LogP contribution in [0.2, 0.25) is 0 Å². The van der Waals surface area contributed by atoms with Crippen molar-refractivity contribution in [1.29, 1.82) is 0 Å². The highest BCUT2D eigenvalue weighted by Gasteiger charge is 2.12. The molecule has 0 radical (unpaired) electrons. The van der Waals surface area contributed by atoms with Gasteiger partial charge in [-0.2, -0.15) is 0 Å². The predicted molar refractivity (Wildman–Crippen MR) is 81.2 cm³/mol. The number of sulfonamides is 1. The highest BCUT2D eigenvalue weighted by Crippen LogP contribution is 2.16. The number of anilines is 1. The van der Waals surface area contributed by atoms with E-state index in [2.05, 4.69) is 16.3 Å². The van der Waals surface area contributed by atoms with E-state index in [1.807, 2.05) is 32.3 Å². The molecule has 7 heteroatoms. The number of nitrogens with one attached hydrogen (secondary N) is 1. The van der Waals surface area contributed by atoms with Gasteiger partial charge >= 0.3 is 0 Å². The number of nitrogens with two attached hydrogens (primary N) is 1. The summed E-state index contributed by atoms with van der Waals surface area (Å²) < 4.78 is 27.4. The molecule has 114 valence electrons. The second-order valence-corrected chi connectivity index (χ2v) is 6.55. The van der Waals surface area contributed by atoms with Gasteiger partial charge in [0.1, 0.15) is 5.76 Å². The Morgan fingerprint density at radius 1 is 1.24 bits per heavy atom. The molecule has 1 aromatic carbocycles. The molecule has 2 aromatic rings. The van der Waals surface area contributed by atoms with E-state index in [0.29, 0.717) is 12.3 Å². The van der Waals surface area contributed by atoms with Crippen molar-refractivity contribution < 1.29 is 12.8 Å². The lowest BCUT2D eigenvalue weighted by Gasteiger charge is -2.11. The Morgan fingerprint density at radius 2 is 2.00 bits per heavy atom. The molecule has 6 nitrogen and oxygen atoms in total. The molecule has 3 N–H and O–H groups in total. The van der Waals surface area contributed by atoms with Crippen molar-refractivity contribution in [3.8, 4) is 0 Å². The fourth-order valence-electron chi connectivity index (χ4n) is 1.94. The third-order valence-corrected chi connectivity index (χ3v) is 3.59. The second kappa shape index (κ2) is 6.30. The maximum absolute atomic E-state index is 11.1. The SMILES string of the molecule is CN(C)Cc1cccc(NCc2ccc(S(N)(=O)=O)o2)c1. The van der Waals surface area contributed by atoms with Crippen LogP contribution < -0.4 is 10.5 Å². The minimum atomic E-state index is -3.79. The van der Waals surface area contributed by atoms with E-state index in [-0.39, 0.29) is 5.09 Å². The molecule has 0 amide bonds. The van der Waals surface area contributed by atoms with Crippen LogP contribution in [0.1, 0.15) is 11.3 Å². The molecular weight excluding hydrogens is 290 g/mol. The fraction of sp³-hybridized carbons (Fsp3) is 0.286. The van der Waals surface area contributed by atoms with E-state index in [1.54, 1.807) is 6.07 Å². The van der Waals surface area contributed by atoms with Crippen molar-refractivity contribution in [2.75, 3.05) is 19.4 Å². The lowest BCUT2D eigenvalue weighted by Crippen LogP contribution is -2.11. The molecule has 0 aliphatic carbocycles. The number of primary sulfonamides is 1. The second-order valence-electron chi connectivity index (χ2n) is 5.06. The van der Waals surface area contributed by atoms with Crippen molar-refractivity contribution >= 4 is 15.7 Å². The smallest absolute Gasteiger partial charge is 0.271 e. The number of benzene rings is 1. The van der Waals surface area contributed by atoms with E-state index in [0.717, 1.165) is 12.2 Å². The Hall–Kier alpha value is -1.83. The largest absolute Gasteiger partial charge is 0.446 e. The normalized spacial score (nSPS) is 11.8. The van der Waals surface area contributed by atoms with E-state index in [4.69, 9.17) is 9.56 Å². The van der Waals surface area contributed by atoms with Gasteiger partial charge < -0.3 is 14.6 Å². The zero-order valence-electron chi connectivity index (χ0n) is 12.0. The molecule has 1 heterocycles. The molecule has 0 aliphatic heterocycles. The standard InChI is InChI=1S/C14H19N3O3S/c1-17(2)10-11-4-3-5-12(8-11)16-9-13-6-7-14(20-13)21(15,18)19/h3-8,16H,9-10H2,1-2H3,(H2,15,18,19). The van der Waals surface area contributed by atoms with Crippen molar-refractivity contribution in [3.63, 3.8) is 0 Å². The summed E-state index contributed by atoms with van der Waals surface area (Å²) >= 11 is 0. The van der Waals surface area contributed by atoms with Gasteiger partial charge in [-0.3, -0.25) is 0 Å². The Kier molecular flexibility index (Phi) is 4.66. The van der Waals surface area contributed by atoms with Crippen LogP contribution in [0.15, 0.2) is 45.9 Å². The fourth-order valence-corrected chi connectivity index (χ4v) is 2.42. The van der Waals surface area contributed by atoms with Crippen LogP contribution in [0.5, 0.6) is 0 Å². The van der Waals surface area contributed by atoms with Gasteiger partial charge in [0.25, 0.3) is 10.0 Å². The molecule has 0 aliphatic rings. The summed E-state index contributed by atoms with van der Waals surface area (Å²) in [6.45, 7) is 1.24. The molecule has 0 bridgehead atoms. The minimum absolute atomic E-state index is 0.222. The highest BCUT2D eigenvalue weighted by molar-refractivity contribution is 7.89. The molecule has 0 saturated carbocycles. The van der Waals surface area contributed by atoms with E-state index < -0.39 is 10.0 Å². The number of rotatable bonds is 6. The minimum Gasteiger partial charge on any atom is -0.446 e. The average Bonchev–Trinajstić information content (AvgIpc) is 2.84. The first-order valence-corrected chi connectivity index (χ1v) is 7.98. The summed E-state index contributed by atoms with van der Waals surface area (Å²) in [7, 11) is 0.238. The Morgan fingerprint density at radius 3 is 2.62 bits per heavy atom. The van der Waals surface area contributed by atoms with Crippen LogP contribution in [0.25, 0.3) is 0 Å². The molecule has 0 unspecified atom stereocenters. The van der Waals surface area contributed by atoms with Gasteiger partial charge in [-0.05, 0) is 43.9 Å². The van der Waals surface area contributed by atoms with Gasteiger partial charge in [-0.1, -0.05) is 12.1 Å². The molecule has 21 heavy (non-hydrogen) atoms.